The molecule has 196 valence electrons. The van der Waals surface area contributed by atoms with E-state index in [2.05, 4.69) is 5.32 Å². The third kappa shape index (κ3) is 6.26. The van der Waals surface area contributed by atoms with E-state index >= 15 is 0 Å². The van der Waals surface area contributed by atoms with Crippen molar-refractivity contribution in [1.29, 1.82) is 0 Å². The van der Waals surface area contributed by atoms with Crippen molar-refractivity contribution in [3.8, 4) is 5.75 Å². The maximum absolute atomic E-state index is 14.5. The van der Waals surface area contributed by atoms with Gasteiger partial charge in [-0.3, -0.25) is 13.9 Å². The van der Waals surface area contributed by atoms with Crippen molar-refractivity contribution in [2.75, 3.05) is 25.0 Å². The van der Waals surface area contributed by atoms with E-state index in [0.717, 1.165) is 14.8 Å². The number of sulfonamides is 1. The van der Waals surface area contributed by atoms with Gasteiger partial charge in [0.15, 0.2) is 0 Å². The Kier molecular flexibility index (Phi) is 8.88. The lowest BCUT2D eigenvalue weighted by molar-refractivity contribution is -0.139. The zero-order valence-electron chi connectivity index (χ0n) is 21.1. The smallest absolute Gasteiger partial charge is 0.264 e. The van der Waals surface area contributed by atoms with Crippen LogP contribution in [-0.2, 0) is 26.2 Å². The van der Waals surface area contributed by atoms with Crippen LogP contribution in [0.4, 0.5) is 10.1 Å². The fourth-order valence-corrected chi connectivity index (χ4v) is 5.21. The van der Waals surface area contributed by atoms with E-state index in [1.165, 1.54) is 57.5 Å². The lowest BCUT2D eigenvalue weighted by Gasteiger charge is -2.32. The van der Waals surface area contributed by atoms with E-state index < -0.39 is 40.2 Å². The summed E-state index contributed by atoms with van der Waals surface area (Å²) in [5, 5.41) is 2.49. The largest absolute Gasteiger partial charge is 0.495 e. The second kappa shape index (κ2) is 11.9. The maximum Gasteiger partial charge on any atom is 0.264 e. The van der Waals surface area contributed by atoms with Gasteiger partial charge < -0.3 is 15.0 Å². The number of ether oxygens (including phenoxy) is 1. The molecule has 0 spiro atoms. The monoisotopic (exact) mass is 527 g/mol. The summed E-state index contributed by atoms with van der Waals surface area (Å²) in [7, 11) is -1.41. The standard InChI is InChI=1S/C27H30FN3O5S/c1-19-13-15-22(16-14-19)37(34,35)31(24-11-7-8-12-25(24)36-4)18-26(32)30(20(2)27(33)29-3)17-21-9-5-6-10-23(21)28/h5-16,20H,17-18H2,1-4H3,(H,29,33)/t20-/m0/s1. The normalized spacial score (nSPS) is 11.9. The Hall–Kier alpha value is -3.92. The van der Waals surface area contributed by atoms with Gasteiger partial charge in [0.05, 0.1) is 17.7 Å². The number of nitrogens with zero attached hydrogens (tertiary/aromatic N) is 2. The molecule has 0 saturated carbocycles. The van der Waals surface area contributed by atoms with Gasteiger partial charge in [-0.2, -0.15) is 0 Å². The van der Waals surface area contributed by atoms with Crippen LogP contribution < -0.4 is 14.4 Å². The minimum atomic E-state index is -4.23. The number of halogens is 1. The molecule has 0 unspecified atom stereocenters. The molecule has 37 heavy (non-hydrogen) atoms. The van der Waals surface area contributed by atoms with Crippen molar-refractivity contribution in [3.63, 3.8) is 0 Å². The Morgan fingerprint density at radius 2 is 1.62 bits per heavy atom. The predicted octanol–water partition coefficient (Wildman–Crippen LogP) is 3.50. The molecule has 0 aliphatic rings. The summed E-state index contributed by atoms with van der Waals surface area (Å²) in [4.78, 5) is 27.3. The predicted molar refractivity (Wildman–Crippen MR) is 139 cm³/mol. The third-order valence-electron chi connectivity index (χ3n) is 5.95. The van der Waals surface area contributed by atoms with Crippen LogP contribution in [0, 0.1) is 12.7 Å². The number of methoxy groups -OCH3 is 1. The average molecular weight is 528 g/mol. The van der Waals surface area contributed by atoms with Gasteiger partial charge in [-0.1, -0.05) is 48.0 Å². The molecular formula is C27H30FN3O5S. The number of nitrogens with one attached hydrogen (secondary N) is 1. The summed E-state index contributed by atoms with van der Waals surface area (Å²) in [6.07, 6.45) is 0. The van der Waals surface area contributed by atoms with Crippen LogP contribution in [0.25, 0.3) is 0 Å². The van der Waals surface area contributed by atoms with E-state index in [1.807, 2.05) is 6.92 Å². The van der Waals surface area contributed by atoms with E-state index in [0.29, 0.717) is 0 Å². The Balaban J connectivity index is 2.08. The number of para-hydroxylation sites is 2. The first-order chi connectivity index (χ1) is 17.6. The average Bonchev–Trinajstić information content (AvgIpc) is 2.90. The summed E-state index contributed by atoms with van der Waals surface area (Å²) >= 11 is 0. The fraction of sp³-hybridized carbons (Fsp3) is 0.259. The lowest BCUT2D eigenvalue weighted by atomic mass is 10.1. The zero-order valence-corrected chi connectivity index (χ0v) is 22.0. The molecule has 2 amide bonds. The molecule has 0 aliphatic heterocycles. The summed E-state index contributed by atoms with van der Waals surface area (Å²) in [5.74, 6) is -1.47. The van der Waals surface area contributed by atoms with Crippen molar-refractivity contribution >= 4 is 27.5 Å². The van der Waals surface area contributed by atoms with Crippen LogP contribution >= 0.6 is 0 Å². The minimum Gasteiger partial charge on any atom is -0.495 e. The van der Waals surface area contributed by atoms with E-state index in [9.17, 15) is 22.4 Å². The summed E-state index contributed by atoms with van der Waals surface area (Å²) in [6, 6.07) is 17.6. The van der Waals surface area contributed by atoms with Gasteiger partial charge >= 0.3 is 0 Å². The number of aryl methyl sites for hydroxylation is 1. The van der Waals surface area contributed by atoms with Crippen molar-refractivity contribution in [1.82, 2.24) is 10.2 Å². The van der Waals surface area contributed by atoms with Crippen LogP contribution in [0.15, 0.2) is 77.7 Å². The molecular weight excluding hydrogens is 497 g/mol. The Bertz CT molecular complexity index is 1360. The number of carbonyl (C=O) groups excluding carboxylic acids is 2. The van der Waals surface area contributed by atoms with Gasteiger partial charge in [0, 0.05) is 19.2 Å². The number of likely N-dealkylation sites (N-methyl/N-ethyl adjacent to an activating group) is 1. The number of rotatable bonds is 10. The number of benzene rings is 3. The molecule has 3 aromatic rings. The van der Waals surface area contributed by atoms with Crippen molar-refractivity contribution in [2.45, 2.75) is 31.3 Å². The second-order valence-corrected chi connectivity index (χ2v) is 10.3. The SMILES string of the molecule is CNC(=O)[C@H](C)N(Cc1ccccc1F)C(=O)CN(c1ccccc1OC)S(=O)(=O)c1ccc(C)cc1. The Morgan fingerprint density at radius 3 is 2.24 bits per heavy atom. The maximum atomic E-state index is 14.5. The quantitative estimate of drug-likeness (QED) is 0.436. The zero-order chi connectivity index (χ0) is 27.2. The molecule has 3 rings (SSSR count). The number of anilines is 1. The van der Waals surface area contributed by atoms with Crippen molar-refractivity contribution < 1.29 is 27.1 Å². The molecule has 3 aromatic carbocycles. The first kappa shape index (κ1) is 27.7. The van der Waals surface area contributed by atoms with Crippen LogP contribution in [0.3, 0.4) is 0 Å². The second-order valence-electron chi connectivity index (χ2n) is 8.40. The van der Waals surface area contributed by atoms with Crippen molar-refractivity contribution in [2.24, 2.45) is 0 Å². The topological polar surface area (TPSA) is 96.0 Å². The summed E-state index contributed by atoms with van der Waals surface area (Å²) in [6.45, 7) is 2.45. The van der Waals surface area contributed by atoms with Gasteiger partial charge in [0.25, 0.3) is 10.0 Å². The van der Waals surface area contributed by atoms with E-state index in [4.69, 9.17) is 4.74 Å². The molecule has 0 heterocycles. The number of hydrogen-bond donors (Lipinski definition) is 1. The van der Waals surface area contributed by atoms with Gasteiger partial charge in [0.1, 0.15) is 24.2 Å². The number of amides is 2. The first-order valence-corrected chi connectivity index (χ1v) is 13.0. The van der Waals surface area contributed by atoms with E-state index in [-0.39, 0.29) is 28.4 Å². The van der Waals surface area contributed by atoms with Gasteiger partial charge in [0.2, 0.25) is 11.8 Å². The summed E-state index contributed by atoms with van der Waals surface area (Å²) in [5.41, 5.74) is 1.21. The Labute approximate surface area is 216 Å². The van der Waals surface area contributed by atoms with Crippen LogP contribution in [-0.4, -0.2) is 51.9 Å². The fourth-order valence-electron chi connectivity index (χ4n) is 3.79. The van der Waals surface area contributed by atoms with Gasteiger partial charge in [-0.25, -0.2) is 12.8 Å². The highest BCUT2D eigenvalue weighted by Crippen LogP contribution is 2.32. The molecule has 10 heteroatoms. The molecule has 8 nitrogen and oxygen atoms in total. The third-order valence-corrected chi connectivity index (χ3v) is 7.73. The highest BCUT2D eigenvalue weighted by atomic mass is 32.2. The summed E-state index contributed by atoms with van der Waals surface area (Å²) < 4.78 is 48.4. The molecule has 0 bridgehead atoms. The van der Waals surface area contributed by atoms with Gasteiger partial charge in [-0.15, -0.1) is 0 Å². The minimum absolute atomic E-state index is 0.0168. The molecule has 0 saturated heterocycles. The van der Waals surface area contributed by atoms with Gasteiger partial charge in [-0.05, 0) is 44.2 Å². The molecule has 0 aromatic heterocycles. The van der Waals surface area contributed by atoms with Crippen molar-refractivity contribution in [3.05, 3.63) is 89.7 Å². The number of hydrogen-bond acceptors (Lipinski definition) is 5. The Morgan fingerprint density at radius 1 is 1.00 bits per heavy atom. The van der Waals surface area contributed by atoms with Crippen LogP contribution in [0.5, 0.6) is 5.75 Å². The van der Waals surface area contributed by atoms with E-state index in [1.54, 1.807) is 36.4 Å². The highest BCUT2D eigenvalue weighted by Gasteiger charge is 2.33. The lowest BCUT2D eigenvalue weighted by Crippen LogP contribution is -2.50. The molecule has 1 N–H and O–H groups in total. The molecule has 0 radical (unpaired) electrons. The molecule has 0 fully saturated rings. The molecule has 0 aliphatic carbocycles. The van der Waals surface area contributed by atoms with Crippen LogP contribution in [0.1, 0.15) is 18.1 Å². The first-order valence-electron chi connectivity index (χ1n) is 11.6. The molecule has 1 atom stereocenters. The number of carbonyl (C=O) groups is 2. The highest BCUT2D eigenvalue weighted by molar-refractivity contribution is 7.92. The van der Waals surface area contributed by atoms with Crippen LogP contribution in [0.2, 0.25) is 0 Å².